The minimum Gasteiger partial charge on any atom is -0.478 e. The number of carbonyl (C=O) groups is 1. The van der Waals surface area contributed by atoms with Crippen molar-refractivity contribution in [2.45, 2.75) is 32.2 Å². The van der Waals surface area contributed by atoms with Gasteiger partial charge in [-0.3, -0.25) is 4.90 Å². The van der Waals surface area contributed by atoms with E-state index in [1.807, 2.05) is 6.92 Å². The third-order valence-corrected chi connectivity index (χ3v) is 3.88. The van der Waals surface area contributed by atoms with Gasteiger partial charge in [-0.2, -0.15) is 0 Å². The standard InChI is InChI=1S/C15H20F2N2O2/c1-10(19-5-3-2-4-6-19)9-18-14-12(16)7-11(15(20)21)8-13(14)17/h7-8,10,18H,2-6,9H2,1H3,(H,20,21). The Morgan fingerprint density at radius 2 is 1.86 bits per heavy atom. The van der Waals surface area contributed by atoms with Gasteiger partial charge in [0.1, 0.15) is 17.3 Å². The van der Waals surface area contributed by atoms with Crippen molar-refractivity contribution < 1.29 is 18.7 Å². The Morgan fingerprint density at radius 3 is 2.38 bits per heavy atom. The second kappa shape index (κ2) is 6.85. The first-order valence-electron chi connectivity index (χ1n) is 7.19. The molecule has 116 valence electrons. The van der Waals surface area contributed by atoms with E-state index < -0.39 is 17.6 Å². The van der Waals surface area contributed by atoms with Crippen molar-refractivity contribution in [1.29, 1.82) is 0 Å². The Balaban J connectivity index is 2.01. The van der Waals surface area contributed by atoms with Crippen molar-refractivity contribution >= 4 is 11.7 Å². The van der Waals surface area contributed by atoms with Crippen LogP contribution in [0.15, 0.2) is 12.1 Å². The number of hydrogen-bond donors (Lipinski definition) is 2. The Morgan fingerprint density at radius 1 is 1.29 bits per heavy atom. The maximum atomic E-state index is 13.8. The van der Waals surface area contributed by atoms with Crippen LogP contribution in [0.1, 0.15) is 36.5 Å². The Bertz CT molecular complexity index is 493. The van der Waals surface area contributed by atoms with Gasteiger partial charge in [0, 0.05) is 12.6 Å². The van der Waals surface area contributed by atoms with Gasteiger partial charge in [-0.05, 0) is 45.0 Å². The number of nitrogens with one attached hydrogen (secondary N) is 1. The number of carboxylic acids is 1. The lowest BCUT2D eigenvalue weighted by molar-refractivity contribution is 0.0696. The molecule has 2 rings (SSSR count). The number of piperidine rings is 1. The lowest BCUT2D eigenvalue weighted by Gasteiger charge is -2.32. The summed E-state index contributed by atoms with van der Waals surface area (Å²) in [5, 5.41) is 11.5. The normalized spacial score (nSPS) is 17.5. The van der Waals surface area contributed by atoms with Gasteiger partial charge < -0.3 is 10.4 Å². The molecule has 0 saturated carbocycles. The number of aromatic carboxylic acids is 1. The number of likely N-dealkylation sites (tertiary alicyclic amines) is 1. The van der Waals surface area contributed by atoms with Gasteiger partial charge in [-0.1, -0.05) is 6.42 Å². The molecule has 21 heavy (non-hydrogen) atoms. The summed E-state index contributed by atoms with van der Waals surface area (Å²) in [6, 6.07) is 1.83. The summed E-state index contributed by atoms with van der Waals surface area (Å²) < 4.78 is 27.6. The van der Waals surface area contributed by atoms with Gasteiger partial charge in [-0.15, -0.1) is 0 Å². The topological polar surface area (TPSA) is 52.6 Å². The largest absolute Gasteiger partial charge is 0.478 e. The molecule has 0 spiro atoms. The van der Waals surface area contributed by atoms with E-state index in [2.05, 4.69) is 10.2 Å². The fraction of sp³-hybridized carbons (Fsp3) is 0.533. The fourth-order valence-corrected chi connectivity index (χ4v) is 2.60. The Hall–Kier alpha value is -1.69. The number of anilines is 1. The highest BCUT2D eigenvalue weighted by atomic mass is 19.1. The molecule has 1 saturated heterocycles. The molecule has 0 bridgehead atoms. The molecule has 1 aliphatic rings. The minimum absolute atomic E-state index is 0.170. The molecule has 1 aromatic rings. The zero-order valence-corrected chi connectivity index (χ0v) is 12.0. The number of carboxylic acid groups (broad SMARTS) is 1. The summed E-state index contributed by atoms with van der Waals surface area (Å²) in [5.41, 5.74) is -0.650. The third kappa shape index (κ3) is 3.91. The molecule has 0 radical (unpaired) electrons. The number of nitrogens with zero attached hydrogens (tertiary/aromatic N) is 1. The van der Waals surface area contributed by atoms with Gasteiger partial charge in [0.05, 0.1) is 5.56 Å². The summed E-state index contributed by atoms with van der Waals surface area (Å²) in [5.74, 6) is -3.10. The highest BCUT2D eigenvalue weighted by Gasteiger charge is 2.19. The van der Waals surface area contributed by atoms with Gasteiger partial charge in [0.15, 0.2) is 0 Å². The molecular weight excluding hydrogens is 278 g/mol. The quantitative estimate of drug-likeness (QED) is 0.877. The zero-order chi connectivity index (χ0) is 15.4. The highest BCUT2D eigenvalue weighted by Crippen LogP contribution is 2.21. The summed E-state index contributed by atoms with van der Waals surface area (Å²) in [6.45, 7) is 4.44. The van der Waals surface area contributed by atoms with Crippen LogP contribution < -0.4 is 5.32 Å². The van der Waals surface area contributed by atoms with Crippen molar-refractivity contribution in [3.8, 4) is 0 Å². The van der Waals surface area contributed by atoms with E-state index in [-0.39, 0.29) is 17.3 Å². The first-order chi connectivity index (χ1) is 9.99. The molecule has 1 aromatic carbocycles. The van der Waals surface area contributed by atoms with Gasteiger partial charge >= 0.3 is 5.97 Å². The average molecular weight is 298 g/mol. The van der Waals surface area contributed by atoms with E-state index in [1.165, 1.54) is 6.42 Å². The second-order valence-electron chi connectivity index (χ2n) is 5.45. The molecule has 1 atom stereocenters. The monoisotopic (exact) mass is 298 g/mol. The molecule has 1 fully saturated rings. The van der Waals surface area contributed by atoms with Gasteiger partial charge in [0.25, 0.3) is 0 Å². The molecular formula is C15H20F2N2O2. The van der Waals surface area contributed by atoms with Crippen LogP contribution >= 0.6 is 0 Å². The summed E-state index contributed by atoms with van der Waals surface area (Å²) in [4.78, 5) is 13.0. The van der Waals surface area contributed by atoms with E-state index in [0.29, 0.717) is 6.54 Å². The highest BCUT2D eigenvalue weighted by molar-refractivity contribution is 5.88. The Kier molecular flexibility index (Phi) is 5.12. The van der Waals surface area contributed by atoms with Crippen molar-refractivity contribution in [1.82, 2.24) is 4.90 Å². The SMILES string of the molecule is CC(CNc1c(F)cc(C(=O)O)cc1F)N1CCCCC1. The van der Waals surface area contributed by atoms with Crippen LogP contribution in [0.3, 0.4) is 0 Å². The lowest BCUT2D eigenvalue weighted by Crippen LogP contribution is -2.41. The number of rotatable bonds is 5. The van der Waals surface area contributed by atoms with Crippen LogP contribution in [-0.2, 0) is 0 Å². The average Bonchev–Trinajstić information content (AvgIpc) is 2.46. The molecule has 1 unspecified atom stereocenters. The van der Waals surface area contributed by atoms with Crippen LogP contribution in [0.5, 0.6) is 0 Å². The minimum atomic E-state index is -1.35. The first kappa shape index (κ1) is 15.7. The molecule has 0 amide bonds. The lowest BCUT2D eigenvalue weighted by atomic mass is 10.1. The van der Waals surface area contributed by atoms with Gasteiger partial charge in [0.2, 0.25) is 0 Å². The number of benzene rings is 1. The molecule has 6 heteroatoms. The van der Waals surface area contributed by atoms with Crippen LogP contribution in [0.2, 0.25) is 0 Å². The van der Waals surface area contributed by atoms with Gasteiger partial charge in [-0.25, -0.2) is 13.6 Å². The first-order valence-corrected chi connectivity index (χ1v) is 7.19. The summed E-state index contributed by atoms with van der Waals surface area (Å²) in [7, 11) is 0. The van der Waals surface area contributed by atoms with Crippen LogP contribution in [0.4, 0.5) is 14.5 Å². The third-order valence-electron chi connectivity index (χ3n) is 3.88. The van der Waals surface area contributed by atoms with Crippen molar-refractivity contribution in [2.24, 2.45) is 0 Å². The Labute approximate surface area is 122 Å². The predicted molar refractivity (Wildman–Crippen MR) is 76.7 cm³/mol. The van der Waals surface area contributed by atoms with Crippen LogP contribution in [0.25, 0.3) is 0 Å². The van der Waals surface area contributed by atoms with Crippen molar-refractivity contribution in [3.05, 3.63) is 29.3 Å². The number of hydrogen-bond acceptors (Lipinski definition) is 3. The fourth-order valence-electron chi connectivity index (χ4n) is 2.60. The molecule has 1 heterocycles. The maximum Gasteiger partial charge on any atom is 0.335 e. The smallest absolute Gasteiger partial charge is 0.335 e. The molecule has 4 nitrogen and oxygen atoms in total. The van der Waals surface area contributed by atoms with Crippen molar-refractivity contribution in [3.63, 3.8) is 0 Å². The molecule has 0 aromatic heterocycles. The summed E-state index contributed by atoms with van der Waals surface area (Å²) >= 11 is 0. The van der Waals surface area contributed by atoms with E-state index in [9.17, 15) is 13.6 Å². The predicted octanol–water partition coefficient (Wildman–Crippen LogP) is 2.95. The molecule has 1 aliphatic heterocycles. The van der Waals surface area contributed by atoms with E-state index in [4.69, 9.17) is 5.11 Å². The number of halogens is 2. The van der Waals surface area contributed by atoms with E-state index in [0.717, 1.165) is 38.1 Å². The van der Waals surface area contributed by atoms with Crippen LogP contribution in [0, 0.1) is 11.6 Å². The van der Waals surface area contributed by atoms with Crippen molar-refractivity contribution in [2.75, 3.05) is 25.0 Å². The van der Waals surface area contributed by atoms with E-state index >= 15 is 0 Å². The maximum absolute atomic E-state index is 13.8. The molecule has 2 N–H and O–H groups in total. The summed E-state index contributed by atoms with van der Waals surface area (Å²) in [6.07, 6.45) is 3.54. The zero-order valence-electron chi connectivity index (χ0n) is 12.0. The van der Waals surface area contributed by atoms with E-state index in [1.54, 1.807) is 0 Å². The van der Waals surface area contributed by atoms with Crippen LogP contribution in [-0.4, -0.2) is 41.7 Å². The second-order valence-corrected chi connectivity index (χ2v) is 5.45. The molecule has 0 aliphatic carbocycles.